The largest absolute Gasteiger partial charge is 0.490 e. The number of rotatable bonds is 8. The van der Waals surface area contributed by atoms with E-state index in [0.717, 1.165) is 16.7 Å². The van der Waals surface area contributed by atoms with Crippen molar-refractivity contribution in [3.05, 3.63) is 58.7 Å². The van der Waals surface area contributed by atoms with Crippen LogP contribution in [0.5, 0.6) is 11.5 Å². The van der Waals surface area contributed by atoms with Gasteiger partial charge in [-0.1, -0.05) is 23.8 Å². The summed E-state index contributed by atoms with van der Waals surface area (Å²) in [7, 11) is 1.75. The Morgan fingerprint density at radius 3 is 2.44 bits per heavy atom. The number of hydrogen-bond acceptors (Lipinski definition) is 4. The third-order valence-electron chi connectivity index (χ3n) is 4.10. The van der Waals surface area contributed by atoms with Gasteiger partial charge in [0.2, 0.25) is 0 Å². The maximum Gasteiger partial charge on any atom is 0.341 e. The molecule has 0 aliphatic rings. The molecule has 6 nitrogen and oxygen atoms in total. The van der Waals surface area contributed by atoms with Crippen molar-refractivity contribution >= 4 is 11.9 Å². The molecule has 27 heavy (non-hydrogen) atoms. The molecule has 0 saturated heterocycles. The van der Waals surface area contributed by atoms with Gasteiger partial charge in [-0.2, -0.15) is 0 Å². The van der Waals surface area contributed by atoms with Crippen molar-refractivity contribution in [2.24, 2.45) is 0 Å². The first kappa shape index (κ1) is 20.3. The summed E-state index contributed by atoms with van der Waals surface area (Å²) >= 11 is 0. The molecule has 0 aromatic heterocycles. The Labute approximate surface area is 159 Å². The Morgan fingerprint density at radius 1 is 1.04 bits per heavy atom. The van der Waals surface area contributed by atoms with Gasteiger partial charge in [0.05, 0.1) is 6.61 Å². The molecule has 0 radical (unpaired) electrons. The molecule has 0 bridgehead atoms. The van der Waals surface area contributed by atoms with E-state index in [2.05, 4.69) is 6.07 Å². The highest BCUT2D eigenvalue weighted by atomic mass is 16.5. The van der Waals surface area contributed by atoms with Crippen LogP contribution in [0.3, 0.4) is 0 Å². The van der Waals surface area contributed by atoms with Gasteiger partial charge in [-0.25, -0.2) is 4.79 Å². The smallest absolute Gasteiger partial charge is 0.341 e. The van der Waals surface area contributed by atoms with Crippen LogP contribution in [0.25, 0.3) is 0 Å². The van der Waals surface area contributed by atoms with E-state index in [1.54, 1.807) is 30.1 Å². The SMILES string of the molecule is CCOc1cc(C(=O)N(C)Cc2cc(C)ccc2C)ccc1OCC(=O)O. The van der Waals surface area contributed by atoms with Gasteiger partial charge < -0.3 is 19.5 Å². The van der Waals surface area contributed by atoms with Crippen LogP contribution in [0.15, 0.2) is 36.4 Å². The molecule has 0 unspecified atom stereocenters. The fourth-order valence-corrected chi connectivity index (χ4v) is 2.69. The number of carboxylic acid groups (broad SMARTS) is 1. The predicted octanol–water partition coefficient (Wildman–Crippen LogP) is 3.44. The minimum atomic E-state index is -1.08. The summed E-state index contributed by atoms with van der Waals surface area (Å²) in [6.07, 6.45) is 0. The summed E-state index contributed by atoms with van der Waals surface area (Å²) in [6.45, 7) is 6.25. The number of ether oxygens (including phenoxy) is 2. The Balaban J connectivity index is 2.20. The van der Waals surface area contributed by atoms with Crippen molar-refractivity contribution in [2.75, 3.05) is 20.3 Å². The maximum absolute atomic E-state index is 12.8. The second-order valence-electron chi connectivity index (χ2n) is 6.37. The van der Waals surface area contributed by atoms with Crippen molar-refractivity contribution in [1.82, 2.24) is 4.90 Å². The molecule has 0 heterocycles. The van der Waals surface area contributed by atoms with Crippen molar-refractivity contribution in [3.63, 3.8) is 0 Å². The number of amides is 1. The lowest BCUT2D eigenvalue weighted by atomic mass is 10.0. The molecule has 2 aromatic rings. The lowest BCUT2D eigenvalue weighted by Crippen LogP contribution is -2.26. The molecule has 0 aliphatic heterocycles. The molecule has 2 aromatic carbocycles. The molecule has 144 valence electrons. The zero-order valence-electron chi connectivity index (χ0n) is 16.1. The van der Waals surface area contributed by atoms with Crippen molar-refractivity contribution in [2.45, 2.75) is 27.3 Å². The van der Waals surface area contributed by atoms with E-state index in [4.69, 9.17) is 14.6 Å². The van der Waals surface area contributed by atoms with Crippen LogP contribution in [0.4, 0.5) is 0 Å². The van der Waals surface area contributed by atoms with Gasteiger partial charge in [0.1, 0.15) is 0 Å². The number of carbonyl (C=O) groups excluding carboxylic acids is 1. The quantitative estimate of drug-likeness (QED) is 0.769. The minimum Gasteiger partial charge on any atom is -0.490 e. The molecule has 2 rings (SSSR count). The average Bonchev–Trinajstić information content (AvgIpc) is 2.63. The summed E-state index contributed by atoms with van der Waals surface area (Å²) in [5.74, 6) is -0.578. The number of aryl methyl sites for hydroxylation is 2. The number of aliphatic carboxylic acids is 1. The second kappa shape index (κ2) is 9.07. The van der Waals surface area contributed by atoms with Crippen molar-refractivity contribution in [3.8, 4) is 11.5 Å². The van der Waals surface area contributed by atoms with E-state index in [1.165, 1.54) is 0 Å². The van der Waals surface area contributed by atoms with E-state index in [0.29, 0.717) is 30.2 Å². The Hall–Kier alpha value is -3.02. The monoisotopic (exact) mass is 371 g/mol. The van der Waals surface area contributed by atoms with E-state index < -0.39 is 12.6 Å². The standard InChI is InChI=1S/C21H25NO5/c1-5-26-19-11-16(8-9-18(19)27-13-20(23)24)21(25)22(4)12-17-10-14(2)6-7-15(17)3/h6-11H,5,12-13H2,1-4H3,(H,23,24). The zero-order valence-corrected chi connectivity index (χ0v) is 16.1. The molecule has 1 amide bonds. The highest BCUT2D eigenvalue weighted by Gasteiger charge is 2.17. The third kappa shape index (κ3) is 5.48. The summed E-state index contributed by atoms with van der Waals surface area (Å²) < 4.78 is 10.7. The van der Waals surface area contributed by atoms with Gasteiger partial charge in [-0.3, -0.25) is 4.79 Å². The van der Waals surface area contributed by atoms with Crippen LogP contribution in [0.2, 0.25) is 0 Å². The number of hydrogen-bond donors (Lipinski definition) is 1. The first-order valence-corrected chi connectivity index (χ1v) is 8.74. The van der Waals surface area contributed by atoms with Gasteiger partial charge in [0.15, 0.2) is 18.1 Å². The number of carboxylic acids is 1. The first-order chi connectivity index (χ1) is 12.8. The van der Waals surface area contributed by atoms with Crippen LogP contribution in [-0.2, 0) is 11.3 Å². The number of benzene rings is 2. The lowest BCUT2D eigenvalue weighted by Gasteiger charge is -2.20. The van der Waals surface area contributed by atoms with Crippen LogP contribution < -0.4 is 9.47 Å². The molecule has 0 spiro atoms. The highest BCUT2D eigenvalue weighted by Crippen LogP contribution is 2.29. The molecule has 6 heteroatoms. The fourth-order valence-electron chi connectivity index (χ4n) is 2.69. The fraction of sp³-hybridized carbons (Fsp3) is 0.333. The van der Waals surface area contributed by atoms with Gasteiger partial charge in [0, 0.05) is 19.2 Å². The summed E-state index contributed by atoms with van der Waals surface area (Å²) in [5.41, 5.74) is 3.83. The molecule has 0 aliphatic carbocycles. The molecule has 0 saturated carbocycles. The normalized spacial score (nSPS) is 10.4. The van der Waals surface area contributed by atoms with Crippen LogP contribution in [0.1, 0.15) is 34.0 Å². The molecular formula is C21H25NO5. The zero-order chi connectivity index (χ0) is 20.0. The van der Waals surface area contributed by atoms with Crippen molar-refractivity contribution in [1.29, 1.82) is 0 Å². The maximum atomic E-state index is 12.8. The van der Waals surface area contributed by atoms with Crippen LogP contribution >= 0.6 is 0 Å². The molecule has 0 fully saturated rings. The third-order valence-corrected chi connectivity index (χ3v) is 4.10. The summed E-state index contributed by atoms with van der Waals surface area (Å²) in [4.78, 5) is 25.2. The Kier molecular flexibility index (Phi) is 6.82. The van der Waals surface area contributed by atoms with Crippen LogP contribution in [-0.4, -0.2) is 42.1 Å². The van der Waals surface area contributed by atoms with E-state index in [-0.39, 0.29) is 5.91 Å². The van der Waals surface area contributed by atoms with Crippen LogP contribution in [0, 0.1) is 13.8 Å². The summed E-state index contributed by atoms with van der Waals surface area (Å²) in [5, 5.41) is 8.77. The number of carbonyl (C=O) groups is 2. The highest BCUT2D eigenvalue weighted by molar-refractivity contribution is 5.94. The average molecular weight is 371 g/mol. The molecule has 0 atom stereocenters. The topological polar surface area (TPSA) is 76.1 Å². The van der Waals surface area contributed by atoms with E-state index in [9.17, 15) is 9.59 Å². The number of nitrogens with zero attached hydrogens (tertiary/aromatic N) is 1. The van der Waals surface area contributed by atoms with Crippen molar-refractivity contribution < 1.29 is 24.2 Å². The Bertz CT molecular complexity index is 831. The summed E-state index contributed by atoms with van der Waals surface area (Å²) in [6, 6.07) is 10.9. The minimum absolute atomic E-state index is 0.151. The molecule has 1 N–H and O–H groups in total. The van der Waals surface area contributed by atoms with Gasteiger partial charge in [-0.05, 0) is 50.1 Å². The second-order valence-corrected chi connectivity index (χ2v) is 6.37. The van der Waals surface area contributed by atoms with Gasteiger partial charge in [0.25, 0.3) is 5.91 Å². The predicted molar refractivity (Wildman–Crippen MR) is 102 cm³/mol. The van der Waals surface area contributed by atoms with Gasteiger partial charge >= 0.3 is 5.97 Å². The Morgan fingerprint density at radius 2 is 1.78 bits per heavy atom. The first-order valence-electron chi connectivity index (χ1n) is 8.74. The van der Waals surface area contributed by atoms with E-state index >= 15 is 0 Å². The lowest BCUT2D eigenvalue weighted by molar-refractivity contribution is -0.139. The van der Waals surface area contributed by atoms with E-state index in [1.807, 2.05) is 32.9 Å². The van der Waals surface area contributed by atoms with Gasteiger partial charge in [-0.15, -0.1) is 0 Å². The molecular weight excluding hydrogens is 346 g/mol.